The minimum atomic E-state index is -0.441. The van der Waals surface area contributed by atoms with Gasteiger partial charge in [-0.3, -0.25) is 0 Å². The molecule has 1 saturated carbocycles. The van der Waals surface area contributed by atoms with E-state index < -0.39 is 6.10 Å². The van der Waals surface area contributed by atoms with Crippen molar-refractivity contribution >= 4 is 0 Å². The maximum absolute atomic E-state index is 10.3. The quantitative estimate of drug-likeness (QED) is 0.859. The molecule has 24 heavy (non-hydrogen) atoms. The van der Waals surface area contributed by atoms with E-state index in [4.69, 9.17) is 4.74 Å². The van der Waals surface area contributed by atoms with Gasteiger partial charge in [0.15, 0.2) is 0 Å². The maximum Gasteiger partial charge on any atom is 0.0952 e. The van der Waals surface area contributed by atoms with Crippen LogP contribution in [-0.2, 0) is 16.7 Å². The van der Waals surface area contributed by atoms with Gasteiger partial charge in [0.25, 0.3) is 0 Å². The minimum absolute atomic E-state index is 0.00701. The van der Waals surface area contributed by atoms with Crippen LogP contribution < -0.4 is 5.32 Å². The second-order valence-electron chi connectivity index (χ2n) is 8.45. The van der Waals surface area contributed by atoms with Gasteiger partial charge in [0.05, 0.1) is 37.1 Å². The predicted octanol–water partition coefficient (Wildman–Crippen LogP) is 1.87. The number of aromatic nitrogens is 3. The molecule has 0 amide bonds. The van der Waals surface area contributed by atoms with Gasteiger partial charge in [0.1, 0.15) is 0 Å². The molecular weight excluding hydrogens is 304 g/mol. The molecule has 1 aliphatic carbocycles. The zero-order chi connectivity index (χ0) is 17.2. The Morgan fingerprint density at radius 2 is 2.04 bits per heavy atom. The summed E-state index contributed by atoms with van der Waals surface area (Å²) < 4.78 is 7.66. The third-order valence-electron chi connectivity index (χ3n) is 5.34. The van der Waals surface area contributed by atoms with E-state index in [-0.39, 0.29) is 17.6 Å². The van der Waals surface area contributed by atoms with E-state index in [0.29, 0.717) is 13.2 Å². The number of aliphatic hydroxyl groups is 1. The summed E-state index contributed by atoms with van der Waals surface area (Å²) in [6.45, 7) is 8.39. The number of aliphatic hydroxyl groups excluding tert-OH is 1. The lowest BCUT2D eigenvalue weighted by Gasteiger charge is -2.27. The molecule has 136 valence electrons. The number of nitrogens with zero attached hydrogens (tertiary/aromatic N) is 3. The molecule has 1 aliphatic heterocycles. The van der Waals surface area contributed by atoms with Crippen LogP contribution >= 0.6 is 0 Å². The van der Waals surface area contributed by atoms with Gasteiger partial charge in [-0.15, -0.1) is 5.10 Å². The Morgan fingerprint density at radius 1 is 1.29 bits per heavy atom. The molecule has 2 fully saturated rings. The van der Waals surface area contributed by atoms with Gasteiger partial charge >= 0.3 is 0 Å². The van der Waals surface area contributed by atoms with E-state index in [9.17, 15) is 5.11 Å². The van der Waals surface area contributed by atoms with Gasteiger partial charge < -0.3 is 15.2 Å². The molecule has 2 heterocycles. The highest BCUT2D eigenvalue weighted by Gasteiger charge is 2.36. The second-order valence-corrected chi connectivity index (χ2v) is 8.45. The first-order valence-corrected chi connectivity index (χ1v) is 9.37. The first-order chi connectivity index (χ1) is 11.4. The zero-order valence-corrected chi connectivity index (χ0v) is 15.2. The van der Waals surface area contributed by atoms with Crippen molar-refractivity contribution in [1.29, 1.82) is 0 Å². The molecule has 6 nitrogen and oxygen atoms in total. The molecule has 1 aromatic rings. The average molecular weight is 336 g/mol. The second kappa shape index (κ2) is 7.50. The fourth-order valence-corrected chi connectivity index (χ4v) is 3.72. The third kappa shape index (κ3) is 4.35. The SMILES string of the molecule is CC(C)(C)c1cn(C[C@H]2OC[C@H](O)[C@H]2NCC2CCCCC2)nn1. The summed E-state index contributed by atoms with van der Waals surface area (Å²) in [5, 5.41) is 22.3. The van der Waals surface area contributed by atoms with Gasteiger partial charge in [-0.1, -0.05) is 45.2 Å². The van der Waals surface area contributed by atoms with Crippen LogP contribution in [0.4, 0.5) is 0 Å². The van der Waals surface area contributed by atoms with Gasteiger partial charge in [0.2, 0.25) is 0 Å². The van der Waals surface area contributed by atoms with E-state index >= 15 is 0 Å². The van der Waals surface area contributed by atoms with Crippen molar-refractivity contribution in [1.82, 2.24) is 20.3 Å². The molecule has 0 aromatic carbocycles. The molecule has 3 atom stereocenters. The molecular formula is C18H32N4O2. The summed E-state index contributed by atoms with van der Waals surface area (Å²) >= 11 is 0. The van der Waals surface area contributed by atoms with Crippen LogP contribution in [-0.4, -0.2) is 51.5 Å². The van der Waals surface area contributed by atoms with Crippen LogP contribution in [0, 0.1) is 5.92 Å². The highest BCUT2D eigenvalue weighted by atomic mass is 16.5. The van der Waals surface area contributed by atoms with Crippen LogP contribution in [0.2, 0.25) is 0 Å². The fraction of sp³-hybridized carbons (Fsp3) is 0.889. The molecule has 0 unspecified atom stereocenters. The summed E-state index contributed by atoms with van der Waals surface area (Å²) in [5.41, 5.74) is 0.972. The predicted molar refractivity (Wildman–Crippen MR) is 92.8 cm³/mol. The van der Waals surface area contributed by atoms with Gasteiger partial charge in [-0.25, -0.2) is 4.68 Å². The monoisotopic (exact) mass is 336 g/mol. The Labute approximate surface area is 145 Å². The van der Waals surface area contributed by atoms with E-state index in [2.05, 4.69) is 36.4 Å². The smallest absolute Gasteiger partial charge is 0.0952 e. The summed E-state index contributed by atoms with van der Waals surface area (Å²) in [4.78, 5) is 0. The van der Waals surface area contributed by atoms with Crippen molar-refractivity contribution < 1.29 is 9.84 Å². The van der Waals surface area contributed by atoms with Crippen molar-refractivity contribution in [2.75, 3.05) is 13.2 Å². The van der Waals surface area contributed by atoms with Gasteiger partial charge in [0, 0.05) is 11.6 Å². The topological polar surface area (TPSA) is 72.2 Å². The Hall–Kier alpha value is -0.980. The van der Waals surface area contributed by atoms with E-state index in [1.807, 2.05) is 10.9 Å². The number of nitrogens with one attached hydrogen (secondary N) is 1. The molecule has 0 radical (unpaired) electrons. The first kappa shape index (κ1) is 17.8. The number of ether oxygens (including phenoxy) is 1. The fourth-order valence-electron chi connectivity index (χ4n) is 3.72. The Kier molecular flexibility index (Phi) is 5.57. The molecule has 2 aliphatic rings. The van der Waals surface area contributed by atoms with Crippen molar-refractivity contribution in [2.24, 2.45) is 5.92 Å². The van der Waals surface area contributed by atoms with E-state index in [1.165, 1.54) is 32.1 Å². The average Bonchev–Trinajstić information content (AvgIpc) is 3.14. The molecule has 0 spiro atoms. The highest BCUT2D eigenvalue weighted by molar-refractivity contribution is 5.06. The Balaban J connectivity index is 1.56. The zero-order valence-electron chi connectivity index (χ0n) is 15.2. The molecule has 2 N–H and O–H groups in total. The normalized spacial score (nSPS) is 29.2. The van der Waals surface area contributed by atoms with Gasteiger partial charge in [-0.2, -0.15) is 0 Å². The van der Waals surface area contributed by atoms with Crippen LogP contribution in [0.5, 0.6) is 0 Å². The highest BCUT2D eigenvalue weighted by Crippen LogP contribution is 2.24. The van der Waals surface area contributed by atoms with Crippen LogP contribution in [0.15, 0.2) is 6.20 Å². The summed E-state index contributed by atoms with van der Waals surface area (Å²) in [6, 6.07) is -0.0192. The maximum atomic E-state index is 10.3. The standard InChI is InChI=1S/C18H32N4O2/c1-18(2,3)16-11-22(21-20-16)10-15-17(14(23)12-24-15)19-9-13-7-5-4-6-8-13/h11,13-15,17,19,23H,4-10,12H2,1-3H3/t14-,15+,17+/m0/s1. The van der Waals surface area contributed by atoms with E-state index in [0.717, 1.165) is 18.2 Å². The lowest BCUT2D eigenvalue weighted by atomic mass is 9.89. The molecule has 1 saturated heterocycles. The lowest BCUT2D eigenvalue weighted by molar-refractivity contribution is 0.0738. The van der Waals surface area contributed by atoms with Crippen molar-refractivity contribution in [3.63, 3.8) is 0 Å². The largest absolute Gasteiger partial charge is 0.389 e. The number of hydrogen-bond acceptors (Lipinski definition) is 5. The third-order valence-corrected chi connectivity index (χ3v) is 5.34. The molecule has 1 aromatic heterocycles. The Bertz CT molecular complexity index is 519. The summed E-state index contributed by atoms with van der Waals surface area (Å²) in [7, 11) is 0. The minimum Gasteiger partial charge on any atom is -0.389 e. The lowest BCUT2D eigenvalue weighted by Crippen LogP contribution is -2.47. The molecule has 0 bridgehead atoms. The van der Waals surface area contributed by atoms with Gasteiger partial charge in [-0.05, 0) is 25.3 Å². The molecule has 3 rings (SSSR count). The first-order valence-electron chi connectivity index (χ1n) is 9.37. The van der Waals surface area contributed by atoms with Crippen molar-refractivity contribution in [2.45, 2.75) is 83.1 Å². The van der Waals surface area contributed by atoms with Crippen LogP contribution in [0.25, 0.3) is 0 Å². The van der Waals surface area contributed by atoms with E-state index in [1.54, 1.807) is 0 Å². The van der Waals surface area contributed by atoms with Crippen molar-refractivity contribution in [3.05, 3.63) is 11.9 Å². The number of rotatable bonds is 5. The number of hydrogen-bond donors (Lipinski definition) is 2. The van der Waals surface area contributed by atoms with Crippen LogP contribution in [0.3, 0.4) is 0 Å². The summed E-state index contributed by atoms with van der Waals surface area (Å²) in [5.74, 6) is 0.742. The Morgan fingerprint density at radius 3 is 2.71 bits per heavy atom. The van der Waals surface area contributed by atoms with Crippen molar-refractivity contribution in [3.8, 4) is 0 Å². The van der Waals surface area contributed by atoms with Crippen LogP contribution in [0.1, 0.15) is 58.6 Å². The molecule has 6 heteroatoms. The summed E-state index contributed by atoms with van der Waals surface area (Å²) in [6.07, 6.45) is 8.16.